The molecule has 1 heterocycles. The lowest BCUT2D eigenvalue weighted by Gasteiger charge is -2.41. The lowest BCUT2D eigenvalue weighted by Crippen LogP contribution is -2.35. The van der Waals surface area contributed by atoms with E-state index in [1.165, 1.54) is 31.2 Å². The molecule has 2 atom stereocenters. The van der Waals surface area contributed by atoms with Crippen LogP contribution in [0.2, 0.25) is 0 Å². The maximum atomic E-state index is 4.32. The number of hydrogen-bond acceptors (Lipinski definition) is 2. The van der Waals surface area contributed by atoms with E-state index >= 15 is 0 Å². The summed E-state index contributed by atoms with van der Waals surface area (Å²) in [6.07, 6.45) is 9.14. The van der Waals surface area contributed by atoms with E-state index in [0.717, 1.165) is 19.0 Å². The third-order valence-corrected chi connectivity index (χ3v) is 4.48. The zero-order valence-corrected chi connectivity index (χ0v) is 12.7. The maximum absolute atomic E-state index is 4.32. The van der Waals surface area contributed by atoms with Gasteiger partial charge in [-0.1, -0.05) is 26.8 Å². The molecule has 1 aliphatic rings. The first-order valence-corrected chi connectivity index (χ1v) is 7.73. The number of nitrogens with zero attached hydrogens (tertiary/aromatic N) is 1. The standard InChI is InChI=1S/C17H28N2/c1-4-9-18-13-15-7-8-17(2,3)11-16(15)14-6-5-10-19-12-14/h5-6,10,12,15-16,18H,4,7-9,11,13H2,1-3H3. The molecular formula is C17H28N2. The van der Waals surface area contributed by atoms with E-state index in [0.29, 0.717) is 11.3 Å². The SMILES string of the molecule is CCCNCC1CCC(C)(C)CC1c1cccnc1. The monoisotopic (exact) mass is 260 g/mol. The largest absolute Gasteiger partial charge is 0.316 e. The minimum atomic E-state index is 0.474. The van der Waals surface area contributed by atoms with E-state index in [1.54, 1.807) is 0 Å². The van der Waals surface area contributed by atoms with Gasteiger partial charge >= 0.3 is 0 Å². The quantitative estimate of drug-likeness (QED) is 0.810. The maximum Gasteiger partial charge on any atom is 0.0302 e. The fourth-order valence-electron chi connectivity index (χ4n) is 3.34. The molecule has 1 fully saturated rings. The van der Waals surface area contributed by atoms with Crippen LogP contribution in [0, 0.1) is 11.3 Å². The summed E-state index contributed by atoms with van der Waals surface area (Å²) >= 11 is 0. The minimum absolute atomic E-state index is 0.474. The van der Waals surface area contributed by atoms with Crippen LogP contribution in [-0.2, 0) is 0 Å². The van der Waals surface area contributed by atoms with Gasteiger partial charge in [-0.25, -0.2) is 0 Å². The van der Waals surface area contributed by atoms with Crippen molar-refractivity contribution in [3.63, 3.8) is 0 Å². The first-order chi connectivity index (χ1) is 9.12. The molecule has 2 heteroatoms. The van der Waals surface area contributed by atoms with Crippen LogP contribution in [0.4, 0.5) is 0 Å². The van der Waals surface area contributed by atoms with Crippen molar-refractivity contribution < 1.29 is 0 Å². The Morgan fingerprint density at radius 1 is 1.42 bits per heavy atom. The molecule has 0 saturated heterocycles. The lowest BCUT2D eigenvalue weighted by molar-refractivity contribution is 0.159. The number of aromatic nitrogens is 1. The van der Waals surface area contributed by atoms with Gasteiger partial charge in [-0.3, -0.25) is 4.98 Å². The molecule has 1 aliphatic carbocycles. The van der Waals surface area contributed by atoms with Gasteiger partial charge in [0.2, 0.25) is 0 Å². The molecule has 1 saturated carbocycles. The summed E-state index contributed by atoms with van der Waals surface area (Å²) in [7, 11) is 0. The molecule has 0 aromatic carbocycles. The van der Waals surface area contributed by atoms with Crippen molar-refractivity contribution in [1.29, 1.82) is 0 Å². The number of nitrogens with one attached hydrogen (secondary N) is 1. The highest BCUT2D eigenvalue weighted by Crippen LogP contribution is 2.46. The highest BCUT2D eigenvalue weighted by molar-refractivity contribution is 5.17. The van der Waals surface area contributed by atoms with Gasteiger partial charge in [-0.05, 0) is 67.7 Å². The molecule has 0 radical (unpaired) electrons. The van der Waals surface area contributed by atoms with Crippen LogP contribution in [0.15, 0.2) is 24.5 Å². The normalized spacial score (nSPS) is 26.3. The second-order valence-corrected chi connectivity index (χ2v) is 6.76. The molecule has 1 aromatic heterocycles. The molecule has 106 valence electrons. The predicted molar refractivity (Wildman–Crippen MR) is 81.3 cm³/mol. The van der Waals surface area contributed by atoms with Gasteiger partial charge in [0, 0.05) is 12.4 Å². The lowest BCUT2D eigenvalue weighted by atomic mass is 9.65. The van der Waals surface area contributed by atoms with E-state index in [1.807, 2.05) is 6.20 Å². The molecule has 0 aliphatic heterocycles. The van der Waals surface area contributed by atoms with Crippen LogP contribution in [0.5, 0.6) is 0 Å². The molecule has 1 aromatic rings. The van der Waals surface area contributed by atoms with Crippen LogP contribution in [0.1, 0.15) is 57.9 Å². The van der Waals surface area contributed by atoms with E-state index in [2.05, 4.69) is 49.4 Å². The summed E-state index contributed by atoms with van der Waals surface area (Å²) in [6.45, 7) is 9.34. The molecule has 1 N–H and O–H groups in total. The molecule has 2 nitrogen and oxygen atoms in total. The predicted octanol–water partition coefficient (Wildman–Crippen LogP) is 3.99. The van der Waals surface area contributed by atoms with E-state index in [4.69, 9.17) is 0 Å². The molecular weight excluding hydrogens is 232 g/mol. The zero-order chi connectivity index (χ0) is 13.7. The highest BCUT2D eigenvalue weighted by Gasteiger charge is 2.35. The van der Waals surface area contributed by atoms with Crippen LogP contribution in [-0.4, -0.2) is 18.1 Å². The van der Waals surface area contributed by atoms with Gasteiger partial charge in [-0.15, -0.1) is 0 Å². The van der Waals surface area contributed by atoms with Crippen molar-refractivity contribution in [2.24, 2.45) is 11.3 Å². The van der Waals surface area contributed by atoms with Crippen molar-refractivity contribution in [1.82, 2.24) is 10.3 Å². The Morgan fingerprint density at radius 2 is 2.26 bits per heavy atom. The van der Waals surface area contributed by atoms with Gasteiger partial charge in [0.1, 0.15) is 0 Å². The van der Waals surface area contributed by atoms with Crippen LogP contribution >= 0.6 is 0 Å². The van der Waals surface area contributed by atoms with E-state index in [-0.39, 0.29) is 0 Å². The average molecular weight is 260 g/mol. The number of pyridine rings is 1. The fraction of sp³-hybridized carbons (Fsp3) is 0.706. The Hall–Kier alpha value is -0.890. The molecule has 2 rings (SSSR count). The smallest absolute Gasteiger partial charge is 0.0302 e. The van der Waals surface area contributed by atoms with Crippen molar-refractivity contribution in [2.75, 3.05) is 13.1 Å². The summed E-state index contributed by atoms with van der Waals surface area (Å²) in [5.41, 5.74) is 1.90. The molecule has 0 amide bonds. The van der Waals surface area contributed by atoms with Gasteiger partial charge in [0.15, 0.2) is 0 Å². The van der Waals surface area contributed by atoms with Gasteiger partial charge < -0.3 is 5.32 Å². The topological polar surface area (TPSA) is 24.9 Å². The first kappa shape index (κ1) is 14.5. The van der Waals surface area contributed by atoms with Gasteiger partial charge in [-0.2, -0.15) is 0 Å². The fourth-order valence-corrected chi connectivity index (χ4v) is 3.34. The molecule has 0 spiro atoms. The Labute approximate surface area is 118 Å². The van der Waals surface area contributed by atoms with Crippen LogP contribution in [0.3, 0.4) is 0 Å². The second-order valence-electron chi connectivity index (χ2n) is 6.76. The molecule has 19 heavy (non-hydrogen) atoms. The Morgan fingerprint density at radius 3 is 2.95 bits per heavy atom. The Bertz CT molecular complexity index is 372. The van der Waals surface area contributed by atoms with Crippen LogP contribution in [0.25, 0.3) is 0 Å². The Balaban J connectivity index is 2.08. The summed E-state index contributed by atoms with van der Waals surface area (Å²) in [5.74, 6) is 1.44. The summed E-state index contributed by atoms with van der Waals surface area (Å²) in [4.78, 5) is 4.32. The summed E-state index contributed by atoms with van der Waals surface area (Å²) in [5, 5.41) is 3.61. The molecule has 2 unspecified atom stereocenters. The van der Waals surface area contributed by atoms with Crippen molar-refractivity contribution >= 4 is 0 Å². The third kappa shape index (κ3) is 4.04. The third-order valence-electron chi connectivity index (χ3n) is 4.48. The van der Waals surface area contributed by atoms with E-state index < -0.39 is 0 Å². The van der Waals surface area contributed by atoms with Crippen molar-refractivity contribution in [3.8, 4) is 0 Å². The number of hydrogen-bond donors (Lipinski definition) is 1. The average Bonchev–Trinajstić information content (AvgIpc) is 2.41. The van der Waals surface area contributed by atoms with E-state index in [9.17, 15) is 0 Å². The first-order valence-electron chi connectivity index (χ1n) is 7.73. The summed E-state index contributed by atoms with van der Waals surface area (Å²) in [6, 6.07) is 4.33. The van der Waals surface area contributed by atoms with Crippen LogP contribution < -0.4 is 5.32 Å². The minimum Gasteiger partial charge on any atom is -0.316 e. The summed E-state index contributed by atoms with van der Waals surface area (Å²) < 4.78 is 0. The van der Waals surface area contributed by atoms with Gasteiger partial charge in [0.25, 0.3) is 0 Å². The van der Waals surface area contributed by atoms with Crippen molar-refractivity contribution in [2.45, 2.75) is 52.4 Å². The zero-order valence-electron chi connectivity index (χ0n) is 12.7. The molecule has 0 bridgehead atoms. The Kier molecular flexibility index (Phi) is 4.98. The second kappa shape index (κ2) is 6.51. The van der Waals surface area contributed by atoms with Crippen molar-refractivity contribution in [3.05, 3.63) is 30.1 Å². The highest BCUT2D eigenvalue weighted by atomic mass is 14.9. The number of rotatable bonds is 5. The van der Waals surface area contributed by atoms with Gasteiger partial charge in [0.05, 0.1) is 0 Å².